The zero-order valence-electron chi connectivity index (χ0n) is 13.5. The summed E-state index contributed by atoms with van der Waals surface area (Å²) in [5.74, 6) is 0.667. The minimum absolute atomic E-state index is 0.126. The van der Waals surface area contributed by atoms with Gasteiger partial charge in [0.15, 0.2) is 0 Å². The average Bonchev–Trinajstić information content (AvgIpc) is 2.58. The van der Waals surface area contributed by atoms with Crippen LogP contribution in [0.3, 0.4) is 0 Å². The Morgan fingerprint density at radius 3 is 2.60 bits per heavy atom. The van der Waals surface area contributed by atoms with Crippen molar-refractivity contribution in [2.45, 2.75) is 23.9 Å². The van der Waals surface area contributed by atoms with E-state index < -0.39 is 0 Å². The summed E-state index contributed by atoms with van der Waals surface area (Å²) in [6.07, 6.45) is 0. The highest BCUT2D eigenvalue weighted by molar-refractivity contribution is 7.99. The first-order valence-corrected chi connectivity index (χ1v) is 8.17. The summed E-state index contributed by atoms with van der Waals surface area (Å²) in [5.41, 5.74) is 0.402. The number of aromatic amines is 1. The van der Waals surface area contributed by atoms with Gasteiger partial charge in [0.05, 0.1) is 6.61 Å². The van der Waals surface area contributed by atoms with Crippen molar-refractivity contribution in [3.63, 3.8) is 0 Å². The molecule has 0 amide bonds. The first kappa shape index (κ1) is 16.8. The Hall–Kier alpha value is -3.01. The smallest absolute Gasteiger partial charge is 0.324 e. The largest absolute Gasteiger partial charge is 0.477 e. The van der Waals surface area contributed by atoms with Crippen molar-refractivity contribution in [3.05, 3.63) is 46.4 Å². The summed E-state index contributed by atoms with van der Waals surface area (Å²) in [5, 5.41) is 15.4. The molecule has 0 spiro atoms. The fourth-order valence-electron chi connectivity index (χ4n) is 1.79. The van der Waals surface area contributed by atoms with Crippen LogP contribution in [-0.4, -0.2) is 37.0 Å². The number of aromatic nitrogens is 6. The molecule has 10 heteroatoms. The van der Waals surface area contributed by atoms with Gasteiger partial charge in [-0.05, 0) is 37.7 Å². The molecule has 3 heterocycles. The molecule has 3 rings (SSSR count). The van der Waals surface area contributed by atoms with Crippen LogP contribution in [-0.2, 0) is 0 Å². The number of nitrogens with one attached hydrogen (secondary N) is 1. The molecule has 128 valence electrons. The Balaban J connectivity index is 1.76. The molecule has 3 aromatic heterocycles. The molecule has 0 aliphatic carbocycles. The van der Waals surface area contributed by atoms with E-state index in [1.54, 1.807) is 18.2 Å². The lowest BCUT2D eigenvalue weighted by atomic mass is 10.5. The molecule has 0 unspecified atom stereocenters. The van der Waals surface area contributed by atoms with E-state index in [2.05, 4.69) is 30.4 Å². The van der Waals surface area contributed by atoms with Gasteiger partial charge in [-0.2, -0.15) is 4.98 Å². The van der Waals surface area contributed by atoms with Gasteiger partial charge in [-0.25, -0.2) is 10.1 Å². The minimum atomic E-state index is -0.317. The van der Waals surface area contributed by atoms with E-state index in [4.69, 9.17) is 9.47 Å². The number of aryl methyl sites for hydroxylation is 1. The van der Waals surface area contributed by atoms with Crippen LogP contribution in [0.4, 0.5) is 0 Å². The molecule has 3 aromatic rings. The van der Waals surface area contributed by atoms with Crippen molar-refractivity contribution in [3.8, 4) is 17.8 Å². The summed E-state index contributed by atoms with van der Waals surface area (Å²) in [4.78, 5) is 19.5. The molecule has 25 heavy (non-hydrogen) atoms. The van der Waals surface area contributed by atoms with Crippen molar-refractivity contribution in [2.24, 2.45) is 0 Å². The van der Waals surface area contributed by atoms with Crippen molar-refractivity contribution in [2.75, 3.05) is 6.61 Å². The van der Waals surface area contributed by atoms with Gasteiger partial charge in [-0.1, -0.05) is 0 Å². The third-order valence-electron chi connectivity index (χ3n) is 2.78. The molecule has 0 aliphatic rings. The number of ether oxygens (including phenoxy) is 2. The molecule has 0 atom stereocenters. The summed E-state index contributed by atoms with van der Waals surface area (Å²) >= 11 is 1.32. The number of hydrogen-bond donors (Lipinski definition) is 1. The zero-order valence-corrected chi connectivity index (χ0v) is 14.3. The first-order valence-electron chi connectivity index (χ1n) is 7.36. The van der Waals surface area contributed by atoms with E-state index in [9.17, 15) is 4.79 Å². The van der Waals surface area contributed by atoms with Crippen LogP contribution in [0.5, 0.6) is 17.8 Å². The first-order chi connectivity index (χ1) is 12.1. The summed E-state index contributed by atoms with van der Waals surface area (Å²) < 4.78 is 10.7. The van der Waals surface area contributed by atoms with Crippen LogP contribution >= 0.6 is 11.8 Å². The Morgan fingerprint density at radius 2 is 1.92 bits per heavy atom. The van der Waals surface area contributed by atoms with Gasteiger partial charge in [0.25, 0.3) is 5.56 Å². The van der Waals surface area contributed by atoms with Gasteiger partial charge in [0.1, 0.15) is 10.1 Å². The predicted octanol–water partition coefficient (Wildman–Crippen LogP) is 2.00. The number of H-pyrrole nitrogens is 1. The highest BCUT2D eigenvalue weighted by atomic mass is 32.2. The van der Waals surface area contributed by atoms with Crippen molar-refractivity contribution in [1.29, 1.82) is 0 Å². The predicted molar refractivity (Wildman–Crippen MR) is 89.0 cm³/mol. The molecule has 0 aromatic carbocycles. The van der Waals surface area contributed by atoms with E-state index >= 15 is 0 Å². The lowest BCUT2D eigenvalue weighted by Crippen LogP contribution is -2.06. The Bertz CT molecular complexity index is 895. The minimum Gasteiger partial charge on any atom is -0.477 e. The maximum absolute atomic E-state index is 11.0. The lowest BCUT2D eigenvalue weighted by Gasteiger charge is -2.06. The number of hydrogen-bond acceptors (Lipinski definition) is 9. The monoisotopic (exact) mass is 358 g/mol. The fourth-order valence-corrected chi connectivity index (χ4v) is 2.57. The topological polar surface area (TPSA) is 116 Å². The second-order valence-electron chi connectivity index (χ2n) is 4.74. The molecule has 0 aliphatic heterocycles. The van der Waals surface area contributed by atoms with Gasteiger partial charge in [0.2, 0.25) is 11.8 Å². The molecule has 0 radical (unpaired) electrons. The molecular weight excluding hydrogens is 344 g/mol. The molecule has 0 saturated heterocycles. The Labute approximate surface area is 146 Å². The average molecular weight is 358 g/mol. The molecule has 0 saturated carbocycles. The summed E-state index contributed by atoms with van der Waals surface area (Å²) in [7, 11) is 0. The fraction of sp³-hybridized carbons (Fsp3) is 0.200. The molecule has 0 bridgehead atoms. The number of rotatable bonds is 6. The third kappa shape index (κ3) is 4.73. The number of nitrogens with zero attached hydrogens (tertiary/aromatic N) is 5. The van der Waals surface area contributed by atoms with E-state index in [1.165, 1.54) is 23.9 Å². The summed E-state index contributed by atoms with van der Waals surface area (Å²) in [6, 6.07) is 8.22. The van der Waals surface area contributed by atoms with E-state index in [0.717, 1.165) is 5.69 Å². The van der Waals surface area contributed by atoms with Crippen molar-refractivity contribution in [1.82, 2.24) is 30.4 Å². The van der Waals surface area contributed by atoms with Crippen molar-refractivity contribution < 1.29 is 9.47 Å². The van der Waals surface area contributed by atoms with Gasteiger partial charge in [0, 0.05) is 23.9 Å². The van der Waals surface area contributed by atoms with Gasteiger partial charge >= 0.3 is 6.01 Å². The van der Waals surface area contributed by atoms with Gasteiger partial charge in [-0.15, -0.1) is 15.3 Å². The molecule has 0 fully saturated rings. The lowest BCUT2D eigenvalue weighted by molar-refractivity contribution is 0.321. The maximum atomic E-state index is 11.0. The highest BCUT2D eigenvalue weighted by Gasteiger charge is 2.09. The SMILES string of the molecule is CCOc1ccc(Sc2cc(C)nc(Oc3ccc(=O)[nH]n3)n2)nn1. The summed E-state index contributed by atoms with van der Waals surface area (Å²) in [6.45, 7) is 4.24. The Kier molecular flexibility index (Phi) is 5.19. The normalized spacial score (nSPS) is 10.5. The van der Waals surface area contributed by atoms with Crippen LogP contribution in [0.15, 0.2) is 45.2 Å². The van der Waals surface area contributed by atoms with Gasteiger partial charge < -0.3 is 9.47 Å². The van der Waals surface area contributed by atoms with E-state index in [0.29, 0.717) is 22.5 Å². The second kappa shape index (κ2) is 7.71. The molecular formula is C15H14N6O3S. The molecule has 9 nitrogen and oxygen atoms in total. The van der Waals surface area contributed by atoms with Crippen LogP contribution in [0.25, 0.3) is 0 Å². The third-order valence-corrected chi connectivity index (χ3v) is 3.62. The Morgan fingerprint density at radius 1 is 1.08 bits per heavy atom. The maximum Gasteiger partial charge on any atom is 0.324 e. The van der Waals surface area contributed by atoms with E-state index in [1.807, 2.05) is 13.8 Å². The van der Waals surface area contributed by atoms with Crippen LogP contribution in [0.2, 0.25) is 0 Å². The van der Waals surface area contributed by atoms with Gasteiger partial charge in [-0.3, -0.25) is 4.79 Å². The van der Waals surface area contributed by atoms with Crippen molar-refractivity contribution >= 4 is 11.8 Å². The standard InChI is InChI=1S/C15H14N6O3S/c1-3-23-11-6-7-13(21-19-11)25-14-8-9(2)16-15(17-14)24-12-5-4-10(22)18-20-12/h4-8H,3H2,1-2H3,(H,18,22). The quantitative estimate of drug-likeness (QED) is 0.660. The highest BCUT2D eigenvalue weighted by Crippen LogP contribution is 2.27. The van der Waals surface area contributed by atoms with Crippen LogP contribution in [0, 0.1) is 6.92 Å². The van der Waals surface area contributed by atoms with E-state index in [-0.39, 0.29) is 17.4 Å². The van der Waals surface area contributed by atoms with Crippen LogP contribution < -0.4 is 15.0 Å². The molecule has 1 N–H and O–H groups in total. The second-order valence-corrected chi connectivity index (χ2v) is 5.78. The zero-order chi connectivity index (χ0) is 17.6. The van der Waals surface area contributed by atoms with Crippen LogP contribution in [0.1, 0.15) is 12.6 Å².